The lowest BCUT2D eigenvalue weighted by Crippen LogP contribution is -2.50. The van der Waals surface area contributed by atoms with Crippen LogP contribution in [-0.4, -0.2) is 53.4 Å². The average Bonchev–Trinajstić information content (AvgIpc) is 3.02. The summed E-state index contributed by atoms with van der Waals surface area (Å²) < 4.78 is 9.72. The number of carbonyl (C=O) groups is 3. The van der Waals surface area contributed by atoms with Crippen LogP contribution in [0.3, 0.4) is 0 Å². The Morgan fingerprint density at radius 2 is 2.04 bits per heavy atom. The van der Waals surface area contributed by atoms with Gasteiger partial charge in [0.25, 0.3) is 0 Å². The zero-order valence-corrected chi connectivity index (χ0v) is 16.1. The highest BCUT2D eigenvalue weighted by Crippen LogP contribution is 2.14. The fraction of sp³-hybridized carbons (Fsp3) is 0.625. The van der Waals surface area contributed by atoms with Gasteiger partial charge >= 0.3 is 12.1 Å². The molecule has 26 heavy (non-hydrogen) atoms. The Morgan fingerprint density at radius 1 is 1.35 bits per heavy atom. The van der Waals surface area contributed by atoms with Crippen LogP contribution in [0.5, 0.6) is 0 Å². The molecule has 0 aliphatic carbocycles. The van der Waals surface area contributed by atoms with Crippen LogP contribution in [0.1, 0.15) is 37.1 Å². The van der Waals surface area contributed by atoms with Gasteiger partial charge in [-0.3, -0.25) is 4.79 Å². The number of hydrogen-bond acceptors (Lipinski definition) is 8. The number of esters is 1. The number of aromatic nitrogens is 1. The maximum Gasteiger partial charge on any atom is 0.408 e. The van der Waals surface area contributed by atoms with Crippen LogP contribution >= 0.6 is 11.3 Å². The third kappa shape index (κ3) is 8.26. The SMILES string of the molecule is COC(=O)[C@H](CNC(=O)CCc1ncc(CO)s1)NC(=O)OC(C)(C)C. The fourth-order valence-corrected chi connectivity index (χ4v) is 2.63. The minimum Gasteiger partial charge on any atom is -0.467 e. The molecular weight excluding hydrogens is 362 g/mol. The van der Waals surface area contributed by atoms with E-state index in [-0.39, 0.29) is 25.5 Å². The Morgan fingerprint density at radius 3 is 2.58 bits per heavy atom. The van der Waals surface area contributed by atoms with Crippen LogP contribution in [-0.2, 0) is 32.1 Å². The van der Waals surface area contributed by atoms with E-state index in [1.165, 1.54) is 18.4 Å². The topological polar surface area (TPSA) is 127 Å². The van der Waals surface area contributed by atoms with Gasteiger partial charge in [0.15, 0.2) is 0 Å². The fourth-order valence-electron chi connectivity index (χ4n) is 1.85. The highest BCUT2D eigenvalue weighted by Gasteiger charge is 2.25. The lowest BCUT2D eigenvalue weighted by Gasteiger charge is -2.22. The lowest BCUT2D eigenvalue weighted by molar-refractivity contribution is -0.143. The molecule has 0 saturated carbocycles. The first-order chi connectivity index (χ1) is 12.1. The largest absolute Gasteiger partial charge is 0.467 e. The van der Waals surface area contributed by atoms with Crippen LogP contribution in [0.2, 0.25) is 0 Å². The lowest BCUT2D eigenvalue weighted by atomic mass is 10.2. The number of rotatable bonds is 8. The molecule has 1 aromatic heterocycles. The van der Waals surface area contributed by atoms with Gasteiger partial charge < -0.3 is 25.2 Å². The summed E-state index contributed by atoms with van der Waals surface area (Å²) in [5.41, 5.74) is -0.713. The van der Waals surface area contributed by atoms with Crippen molar-refractivity contribution in [1.29, 1.82) is 0 Å². The van der Waals surface area contributed by atoms with Gasteiger partial charge in [-0.25, -0.2) is 14.6 Å². The number of thiazole rings is 1. The van der Waals surface area contributed by atoms with E-state index in [9.17, 15) is 14.4 Å². The third-order valence-corrected chi connectivity index (χ3v) is 4.05. The second-order valence-electron chi connectivity index (χ2n) is 6.40. The van der Waals surface area contributed by atoms with Crippen molar-refractivity contribution in [3.63, 3.8) is 0 Å². The number of aliphatic hydroxyl groups is 1. The van der Waals surface area contributed by atoms with Crippen molar-refractivity contribution < 1.29 is 29.0 Å². The Labute approximate surface area is 156 Å². The number of aliphatic hydroxyl groups excluding tert-OH is 1. The Kier molecular flexibility index (Phi) is 8.46. The molecule has 2 amide bonds. The van der Waals surface area contributed by atoms with E-state index in [2.05, 4.69) is 20.4 Å². The molecular formula is C16H25N3O6S. The number of alkyl carbamates (subject to hydrolysis) is 1. The monoisotopic (exact) mass is 387 g/mol. The van der Waals surface area contributed by atoms with E-state index in [0.717, 1.165) is 9.88 Å². The maximum atomic E-state index is 11.9. The number of aryl methyl sites for hydroxylation is 1. The quantitative estimate of drug-likeness (QED) is 0.562. The molecule has 0 aliphatic rings. The maximum absolute atomic E-state index is 11.9. The van der Waals surface area contributed by atoms with Crippen LogP contribution in [0.15, 0.2) is 6.20 Å². The van der Waals surface area contributed by atoms with E-state index in [4.69, 9.17) is 9.84 Å². The molecule has 1 rings (SSSR count). The summed E-state index contributed by atoms with van der Waals surface area (Å²) in [4.78, 5) is 40.3. The van der Waals surface area contributed by atoms with Crippen molar-refractivity contribution >= 4 is 29.3 Å². The van der Waals surface area contributed by atoms with Gasteiger partial charge in [-0.05, 0) is 20.8 Å². The highest BCUT2D eigenvalue weighted by atomic mass is 32.1. The van der Waals surface area contributed by atoms with E-state index < -0.39 is 23.7 Å². The first-order valence-corrected chi connectivity index (χ1v) is 8.84. The predicted molar refractivity (Wildman–Crippen MR) is 94.5 cm³/mol. The second kappa shape index (κ2) is 10.1. The molecule has 0 radical (unpaired) electrons. The van der Waals surface area contributed by atoms with Gasteiger partial charge in [-0.15, -0.1) is 11.3 Å². The number of amides is 2. The second-order valence-corrected chi connectivity index (χ2v) is 7.60. The van der Waals surface area contributed by atoms with Crippen molar-refractivity contribution in [3.8, 4) is 0 Å². The Balaban J connectivity index is 2.48. The first-order valence-electron chi connectivity index (χ1n) is 8.03. The van der Waals surface area contributed by atoms with E-state index in [1.54, 1.807) is 27.0 Å². The van der Waals surface area contributed by atoms with Crippen molar-refractivity contribution in [3.05, 3.63) is 16.1 Å². The number of ether oxygens (including phenoxy) is 2. The zero-order chi connectivity index (χ0) is 19.7. The van der Waals surface area contributed by atoms with Gasteiger partial charge in [0.2, 0.25) is 5.91 Å². The molecule has 0 spiro atoms. The van der Waals surface area contributed by atoms with Crippen LogP contribution < -0.4 is 10.6 Å². The molecule has 0 bridgehead atoms. The summed E-state index contributed by atoms with van der Waals surface area (Å²) in [7, 11) is 1.19. The highest BCUT2D eigenvalue weighted by molar-refractivity contribution is 7.11. The summed E-state index contributed by atoms with van der Waals surface area (Å²) in [5, 5.41) is 14.7. The first kappa shape index (κ1) is 21.8. The van der Waals surface area contributed by atoms with Crippen LogP contribution in [0.4, 0.5) is 4.79 Å². The summed E-state index contributed by atoms with van der Waals surface area (Å²) in [5.74, 6) is -0.991. The molecule has 1 atom stereocenters. The number of methoxy groups -OCH3 is 1. The molecule has 9 nitrogen and oxygen atoms in total. The number of nitrogens with zero attached hydrogens (tertiary/aromatic N) is 1. The van der Waals surface area contributed by atoms with Crippen LogP contribution in [0.25, 0.3) is 0 Å². The molecule has 0 unspecified atom stereocenters. The molecule has 146 valence electrons. The van der Waals surface area contributed by atoms with Gasteiger partial charge in [0.05, 0.1) is 23.6 Å². The summed E-state index contributed by atoms with van der Waals surface area (Å²) in [6, 6.07) is -1.06. The average molecular weight is 387 g/mol. The number of hydrogen-bond donors (Lipinski definition) is 3. The molecule has 10 heteroatoms. The van der Waals surface area contributed by atoms with Gasteiger partial charge in [-0.2, -0.15) is 0 Å². The molecule has 1 aromatic rings. The minimum atomic E-state index is -1.06. The Bertz CT molecular complexity index is 626. The van der Waals surface area contributed by atoms with E-state index in [1.807, 2.05) is 0 Å². The summed E-state index contributed by atoms with van der Waals surface area (Å²) in [6.45, 7) is 4.89. The van der Waals surface area contributed by atoms with Gasteiger partial charge in [-0.1, -0.05) is 0 Å². The third-order valence-electron chi connectivity index (χ3n) is 3.00. The summed E-state index contributed by atoms with van der Waals surface area (Å²) >= 11 is 1.33. The number of nitrogens with one attached hydrogen (secondary N) is 2. The molecule has 0 fully saturated rings. The van der Waals surface area contributed by atoms with Gasteiger partial charge in [0.1, 0.15) is 11.6 Å². The minimum absolute atomic E-state index is 0.0823. The van der Waals surface area contributed by atoms with Crippen molar-refractivity contribution in [1.82, 2.24) is 15.6 Å². The Hall–Kier alpha value is -2.20. The zero-order valence-electron chi connectivity index (χ0n) is 15.3. The van der Waals surface area contributed by atoms with Crippen LogP contribution in [0, 0.1) is 0 Å². The molecule has 1 heterocycles. The van der Waals surface area contributed by atoms with Crippen molar-refractivity contribution in [2.45, 2.75) is 51.9 Å². The van der Waals surface area contributed by atoms with Crippen molar-refractivity contribution in [2.24, 2.45) is 0 Å². The standard InChI is InChI=1S/C16H25N3O6S/c1-16(2,3)25-15(23)19-11(14(22)24-4)8-17-12(21)5-6-13-18-7-10(9-20)26-13/h7,11,20H,5-6,8-9H2,1-4H3,(H,17,21)(H,19,23)/t11-/m0/s1. The van der Waals surface area contributed by atoms with Gasteiger partial charge in [0, 0.05) is 25.6 Å². The smallest absolute Gasteiger partial charge is 0.408 e. The molecule has 0 aliphatic heterocycles. The molecule has 0 saturated heterocycles. The van der Waals surface area contributed by atoms with E-state index in [0.29, 0.717) is 6.42 Å². The number of carbonyl (C=O) groups excluding carboxylic acids is 3. The predicted octanol–water partition coefficient (Wildman–Crippen LogP) is 0.750. The molecule has 0 aromatic carbocycles. The molecule has 3 N–H and O–H groups in total. The normalized spacial score (nSPS) is 12.2. The summed E-state index contributed by atoms with van der Waals surface area (Å²) in [6.07, 6.45) is 1.37. The van der Waals surface area contributed by atoms with Crippen molar-refractivity contribution in [2.75, 3.05) is 13.7 Å². The van der Waals surface area contributed by atoms with E-state index >= 15 is 0 Å².